The molecule has 1 aliphatic rings. The van der Waals surface area contributed by atoms with Crippen LogP contribution in [0.3, 0.4) is 0 Å². The predicted octanol–water partition coefficient (Wildman–Crippen LogP) is 1.97. The standard InChI is InChI=1S/C17H23NO5/c1-11-9-18(10-17(11,2)16(20)23-5)15(19)14-12(21-3)7-6-8-13(14)22-4/h6-8,11H,9-10H2,1-5H3/t11-,17-/m1/s1. The molecule has 0 aromatic heterocycles. The lowest BCUT2D eigenvalue weighted by Crippen LogP contribution is -2.37. The molecule has 1 aromatic carbocycles. The minimum Gasteiger partial charge on any atom is -0.496 e. The van der Waals surface area contributed by atoms with E-state index in [0.29, 0.717) is 30.2 Å². The quantitative estimate of drug-likeness (QED) is 0.793. The fraction of sp³-hybridized carbons (Fsp3) is 0.529. The van der Waals surface area contributed by atoms with E-state index >= 15 is 0 Å². The van der Waals surface area contributed by atoms with Crippen LogP contribution in [0.15, 0.2) is 18.2 Å². The fourth-order valence-corrected chi connectivity index (χ4v) is 3.02. The predicted molar refractivity (Wildman–Crippen MR) is 84.7 cm³/mol. The van der Waals surface area contributed by atoms with Crippen molar-refractivity contribution in [2.45, 2.75) is 13.8 Å². The molecular formula is C17H23NO5. The van der Waals surface area contributed by atoms with Crippen LogP contribution in [0.2, 0.25) is 0 Å². The zero-order valence-electron chi connectivity index (χ0n) is 14.2. The Balaban J connectivity index is 2.35. The van der Waals surface area contributed by atoms with E-state index in [1.165, 1.54) is 21.3 Å². The molecule has 126 valence electrons. The third kappa shape index (κ3) is 2.85. The van der Waals surface area contributed by atoms with E-state index in [9.17, 15) is 9.59 Å². The van der Waals surface area contributed by atoms with Crippen molar-refractivity contribution in [1.82, 2.24) is 4.90 Å². The number of nitrogens with zero attached hydrogens (tertiary/aromatic N) is 1. The number of rotatable bonds is 4. The zero-order valence-corrected chi connectivity index (χ0v) is 14.2. The first-order chi connectivity index (χ1) is 10.9. The molecule has 1 saturated heterocycles. The van der Waals surface area contributed by atoms with Crippen molar-refractivity contribution in [1.29, 1.82) is 0 Å². The van der Waals surface area contributed by atoms with Crippen LogP contribution in [0, 0.1) is 11.3 Å². The molecule has 6 heteroatoms. The summed E-state index contributed by atoms with van der Waals surface area (Å²) in [5, 5.41) is 0. The summed E-state index contributed by atoms with van der Waals surface area (Å²) in [6, 6.07) is 5.20. The first kappa shape index (κ1) is 17.1. The Labute approximate surface area is 136 Å². The van der Waals surface area contributed by atoms with Gasteiger partial charge in [-0.2, -0.15) is 0 Å². The molecule has 0 saturated carbocycles. The number of hydrogen-bond acceptors (Lipinski definition) is 5. The van der Waals surface area contributed by atoms with Gasteiger partial charge >= 0.3 is 5.97 Å². The maximum absolute atomic E-state index is 13.0. The van der Waals surface area contributed by atoms with Gasteiger partial charge in [0.2, 0.25) is 0 Å². The van der Waals surface area contributed by atoms with E-state index < -0.39 is 5.41 Å². The van der Waals surface area contributed by atoms with Crippen LogP contribution in [0.1, 0.15) is 24.2 Å². The molecule has 1 fully saturated rings. The topological polar surface area (TPSA) is 65.1 Å². The molecule has 0 bridgehead atoms. The lowest BCUT2D eigenvalue weighted by Gasteiger charge is -2.25. The van der Waals surface area contributed by atoms with Crippen molar-refractivity contribution in [3.05, 3.63) is 23.8 Å². The van der Waals surface area contributed by atoms with E-state index in [1.807, 2.05) is 13.8 Å². The van der Waals surface area contributed by atoms with Crippen molar-refractivity contribution in [2.75, 3.05) is 34.4 Å². The highest BCUT2D eigenvalue weighted by Crippen LogP contribution is 2.39. The van der Waals surface area contributed by atoms with E-state index in [-0.39, 0.29) is 17.8 Å². The van der Waals surface area contributed by atoms with Crippen LogP contribution in [-0.4, -0.2) is 51.2 Å². The van der Waals surface area contributed by atoms with E-state index in [4.69, 9.17) is 14.2 Å². The molecule has 1 heterocycles. The molecule has 0 unspecified atom stereocenters. The average molecular weight is 321 g/mol. The number of benzene rings is 1. The van der Waals surface area contributed by atoms with Crippen LogP contribution in [0.25, 0.3) is 0 Å². The van der Waals surface area contributed by atoms with Crippen LogP contribution < -0.4 is 9.47 Å². The summed E-state index contributed by atoms with van der Waals surface area (Å²) < 4.78 is 15.5. The van der Waals surface area contributed by atoms with Gasteiger partial charge in [0.15, 0.2) is 0 Å². The summed E-state index contributed by atoms with van der Waals surface area (Å²) >= 11 is 0. The average Bonchev–Trinajstić information content (AvgIpc) is 2.88. The van der Waals surface area contributed by atoms with Crippen molar-refractivity contribution < 1.29 is 23.8 Å². The number of hydrogen-bond donors (Lipinski definition) is 0. The Morgan fingerprint density at radius 2 is 1.74 bits per heavy atom. The summed E-state index contributed by atoms with van der Waals surface area (Å²) in [4.78, 5) is 26.7. The number of methoxy groups -OCH3 is 3. The zero-order chi connectivity index (χ0) is 17.2. The van der Waals surface area contributed by atoms with Gasteiger partial charge in [0.25, 0.3) is 5.91 Å². The van der Waals surface area contributed by atoms with Gasteiger partial charge in [-0.05, 0) is 25.0 Å². The monoisotopic (exact) mass is 321 g/mol. The number of amides is 1. The Morgan fingerprint density at radius 1 is 1.17 bits per heavy atom. The van der Waals surface area contributed by atoms with Crippen LogP contribution in [0.5, 0.6) is 11.5 Å². The molecule has 2 rings (SSSR count). The number of esters is 1. The van der Waals surface area contributed by atoms with Gasteiger partial charge in [0, 0.05) is 13.1 Å². The molecular weight excluding hydrogens is 298 g/mol. The Bertz CT molecular complexity index is 593. The number of ether oxygens (including phenoxy) is 3. The van der Waals surface area contributed by atoms with Crippen molar-refractivity contribution in [3.63, 3.8) is 0 Å². The Hall–Kier alpha value is -2.24. The van der Waals surface area contributed by atoms with Crippen LogP contribution in [-0.2, 0) is 9.53 Å². The van der Waals surface area contributed by atoms with Gasteiger partial charge in [-0.25, -0.2) is 0 Å². The largest absolute Gasteiger partial charge is 0.496 e. The van der Waals surface area contributed by atoms with Gasteiger partial charge in [-0.15, -0.1) is 0 Å². The molecule has 1 aromatic rings. The van der Waals surface area contributed by atoms with Gasteiger partial charge in [-0.3, -0.25) is 9.59 Å². The van der Waals surface area contributed by atoms with Crippen molar-refractivity contribution >= 4 is 11.9 Å². The van der Waals surface area contributed by atoms with Gasteiger partial charge in [0.05, 0.1) is 26.7 Å². The molecule has 1 aliphatic heterocycles. The molecule has 2 atom stereocenters. The van der Waals surface area contributed by atoms with E-state index in [1.54, 1.807) is 23.1 Å². The SMILES string of the molecule is COC(=O)[C@]1(C)CN(C(=O)c2c(OC)cccc2OC)C[C@H]1C. The summed E-state index contributed by atoms with van der Waals surface area (Å²) in [6.07, 6.45) is 0. The highest BCUT2D eigenvalue weighted by molar-refractivity contribution is 6.00. The first-order valence-corrected chi connectivity index (χ1v) is 7.47. The van der Waals surface area contributed by atoms with Gasteiger partial charge in [0.1, 0.15) is 17.1 Å². The summed E-state index contributed by atoms with van der Waals surface area (Å²) in [6.45, 7) is 4.56. The number of carbonyl (C=O) groups is 2. The second kappa shape index (κ2) is 6.48. The van der Waals surface area contributed by atoms with Crippen LogP contribution in [0.4, 0.5) is 0 Å². The second-order valence-corrected chi connectivity index (χ2v) is 6.03. The fourth-order valence-electron chi connectivity index (χ4n) is 3.02. The summed E-state index contributed by atoms with van der Waals surface area (Å²) in [7, 11) is 4.39. The highest BCUT2D eigenvalue weighted by atomic mass is 16.5. The molecule has 23 heavy (non-hydrogen) atoms. The van der Waals surface area contributed by atoms with E-state index in [2.05, 4.69) is 0 Å². The second-order valence-electron chi connectivity index (χ2n) is 6.03. The maximum atomic E-state index is 13.0. The molecule has 1 amide bonds. The summed E-state index contributed by atoms with van der Waals surface area (Å²) in [5.74, 6) is 0.396. The Kier molecular flexibility index (Phi) is 4.82. The normalized spacial score (nSPS) is 23.5. The lowest BCUT2D eigenvalue weighted by atomic mass is 9.81. The molecule has 0 aliphatic carbocycles. The minimum atomic E-state index is -0.709. The minimum absolute atomic E-state index is 0.000368. The summed E-state index contributed by atoms with van der Waals surface area (Å²) in [5.41, 5.74) is -0.335. The maximum Gasteiger partial charge on any atom is 0.313 e. The first-order valence-electron chi connectivity index (χ1n) is 7.47. The van der Waals surface area contributed by atoms with Crippen LogP contribution >= 0.6 is 0 Å². The number of carbonyl (C=O) groups excluding carboxylic acids is 2. The molecule has 0 N–H and O–H groups in total. The van der Waals surface area contributed by atoms with Gasteiger partial charge in [-0.1, -0.05) is 13.0 Å². The smallest absolute Gasteiger partial charge is 0.313 e. The van der Waals surface area contributed by atoms with Crippen molar-refractivity contribution in [2.24, 2.45) is 11.3 Å². The molecule has 6 nitrogen and oxygen atoms in total. The Morgan fingerprint density at radius 3 is 2.22 bits per heavy atom. The highest BCUT2D eigenvalue weighted by Gasteiger charge is 2.49. The third-order valence-corrected chi connectivity index (χ3v) is 4.68. The molecule has 0 spiro atoms. The third-order valence-electron chi connectivity index (χ3n) is 4.68. The lowest BCUT2D eigenvalue weighted by molar-refractivity contribution is -0.152. The van der Waals surface area contributed by atoms with Gasteiger partial charge < -0.3 is 19.1 Å². The van der Waals surface area contributed by atoms with Crippen molar-refractivity contribution in [3.8, 4) is 11.5 Å². The van der Waals surface area contributed by atoms with E-state index in [0.717, 1.165) is 0 Å². The molecule has 0 radical (unpaired) electrons. The number of likely N-dealkylation sites (tertiary alicyclic amines) is 1.